The Hall–Kier alpha value is -2.43. The average molecular weight is 243 g/mol. The molecule has 1 heterocycles. The number of amides is 2. The van der Waals surface area contributed by atoms with E-state index in [2.05, 4.69) is 10.5 Å². The lowest BCUT2D eigenvalue weighted by Gasteiger charge is -2.08. The van der Waals surface area contributed by atoms with Gasteiger partial charge in [0.15, 0.2) is 0 Å². The lowest BCUT2D eigenvalue weighted by Crippen LogP contribution is -2.24. The first-order valence-electron chi connectivity index (χ1n) is 5.59. The van der Waals surface area contributed by atoms with Gasteiger partial charge in [0.2, 0.25) is 11.8 Å². The topological polar surface area (TPSA) is 84.6 Å². The molecule has 5 nitrogen and oxygen atoms in total. The van der Waals surface area contributed by atoms with E-state index in [1.165, 1.54) is 0 Å². The summed E-state index contributed by atoms with van der Waals surface area (Å²) in [5, 5.41) is 3.91. The van der Waals surface area contributed by atoms with E-state index < -0.39 is 5.91 Å². The van der Waals surface area contributed by atoms with E-state index in [0.29, 0.717) is 18.4 Å². The van der Waals surface area contributed by atoms with Crippen molar-refractivity contribution < 1.29 is 9.59 Å². The summed E-state index contributed by atoms with van der Waals surface area (Å²) in [5.41, 5.74) is 9.67. The van der Waals surface area contributed by atoms with Gasteiger partial charge in [0, 0.05) is 18.4 Å². The summed E-state index contributed by atoms with van der Waals surface area (Å²) in [5.74, 6) is -0.543. The average Bonchev–Trinajstić information content (AvgIpc) is 2.38. The number of hydrazone groups is 1. The minimum atomic E-state index is -0.464. The Balaban J connectivity index is 2.19. The molecule has 1 aliphatic heterocycles. The lowest BCUT2D eigenvalue weighted by atomic mass is 10.1. The summed E-state index contributed by atoms with van der Waals surface area (Å²) in [7, 11) is 0. The number of hydrogen-bond acceptors (Lipinski definition) is 3. The maximum absolute atomic E-state index is 11.2. The van der Waals surface area contributed by atoms with Gasteiger partial charge in [0.1, 0.15) is 0 Å². The summed E-state index contributed by atoms with van der Waals surface area (Å²) >= 11 is 0. The minimum Gasteiger partial charge on any atom is -0.366 e. The van der Waals surface area contributed by atoms with Gasteiger partial charge in [-0.1, -0.05) is 24.3 Å². The van der Waals surface area contributed by atoms with Crippen molar-refractivity contribution in [1.82, 2.24) is 5.43 Å². The van der Waals surface area contributed by atoms with Gasteiger partial charge in [0.25, 0.3) is 0 Å². The van der Waals surface area contributed by atoms with Crippen LogP contribution in [0.4, 0.5) is 0 Å². The maximum atomic E-state index is 11.2. The van der Waals surface area contributed by atoms with E-state index in [1.807, 2.05) is 6.07 Å². The molecule has 0 aliphatic carbocycles. The smallest absolute Gasteiger partial charge is 0.249 e. The molecule has 0 saturated heterocycles. The normalized spacial score (nSPS) is 15.3. The molecule has 0 atom stereocenters. The van der Waals surface area contributed by atoms with Crippen LogP contribution in [0.2, 0.25) is 0 Å². The molecule has 0 bridgehead atoms. The van der Waals surface area contributed by atoms with Crippen LogP contribution in [0.1, 0.15) is 28.8 Å². The van der Waals surface area contributed by atoms with Gasteiger partial charge in [-0.2, -0.15) is 5.10 Å². The first kappa shape index (κ1) is 12.0. The van der Waals surface area contributed by atoms with E-state index in [4.69, 9.17) is 5.73 Å². The van der Waals surface area contributed by atoms with Crippen molar-refractivity contribution in [2.45, 2.75) is 12.8 Å². The summed E-state index contributed by atoms with van der Waals surface area (Å²) in [4.78, 5) is 22.1. The van der Waals surface area contributed by atoms with Crippen molar-refractivity contribution in [2.75, 3.05) is 0 Å². The highest BCUT2D eigenvalue weighted by Gasteiger charge is 2.09. The van der Waals surface area contributed by atoms with Gasteiger partial charge in [-0.15, -0.1) is 0 Å². The zero-order chi connectivity index (χ0) is 13.0. The van der Waals surface area contributed by atoms with Crippen molar-refractivity contribution in [3.05, 3.63) is 41.5 Å². The van der Waals surface area contributed by atoms with Gasteiger partial charge < -0.3 is 5.73 Å². The van der Waals surface area contributed by atoms with Crippen molar-refractivity contribution in [1.29, 1.82) is 0 Å². The third-order valence-electron chi connectivity index (χ3n) is 2.61. The predicted molar refractivity (Wildman–Crippen MR) is 68.8 cm³/mol. The molecule has 0 unspecified atom stereocenters. The highest BCUT2D eigenvalue weighted by molar-refractivity contribution is 6.03. The number of carbonyl (C=O) groups excluding carboxylic acids is 2. The number of nitrogens with one attached hydrogen (secondary N) is 1. The summed E-state index contributed by atoms with van der Waals surface area (Å²) in [6.07, 6.45) is 4.58. The Morgan fingerprint density at radius 3 is 2.72 bits per heavy atom. The number of carbonyl (C=O) groups is 2. The number of benzene rings is 1. The van der Waals surface area contributed by atoms with Crippen molar-refractivity contribution in [2.24, 2.45) is 10.8 Å². The molecular formula is C13H13N3O2. The Morgan fingerprint density at radius 1 is 1.28 bits per heavy atom. The third kappa shape index (κ3) is 2.82. The molecule has 2 amide bonds. The van der Waals surface area contributed by atoms with Gasteiger partial charge in [-0.05, 0) is 17.7 Å². The van der Waals surface area contributed by atoms with Crippen LogP contribution in [0, 0.1) is 0 Å². The number of hydrogen-bond donors (Lipinski definition) is 2. The Morgan fingerprint density at radius 2 is 2.06 bits per heavy atom. The standard InChI is InChI=1S/C13H13N3O2/c14-13(18)11-4-2-1-3-9(11)5-6-10-7-8-12(17)16-15-10/h1-6H,7-8H2,(H2,14,18)(H,16,17). The van der Waals surface area contributed by atoms with Gasteiger partial charge in [-0.3, -0.25) is 9.59 Å². The van der Waals surface area contributed by atoms with Gasteiger partial charge in [-0.25, -0.2) is 5.43 Å². The van der Waals surface area contributed by atoms with Gasteiger partial charge in [0.05, 0.1) is 5.71 Å². The number of nitrogens with zero attached hydrogens (tertiary/aromatic N) is 1. The van der Waals surface area contributed by atoms with Crippen molar-refractivity contribution >= 4 is 23.6 Å². The molecule has 92 valence electrons. The molecule has 18 heavy (non-hydrogen) atoms. The molecule has 1 aromatic carbocycles. The van der Waals surface area contributed by atoms with Crippen LogP contribution in [0.25, 0.3) is 6.08 Å². The van der Waals surface area contributed by atoms with Crippen LogP contribution < -0.4 is 11.2 Å². The van der Waals surface area contributed by atoms with Crippen LogP contribution in [0.5, 0.6) is 0 Å². The van der Waals surface area contributed by atoms with Crippen LogP contribution in [-0.4, -0.2) is 17.5 Å². The number of primary amides is 1. The van der Waals surface area contributed by atoms with E-state index in [-0.39, 0.29) is 5.91 Å². The predicted octanol–water partition coefficient (Wildman–Crippen LogP) is 1.06. The second kappa shape index (κ2) is 5.27. The zero-order valence-corrected chi connectivity index (χ0v) is 9.72. The summed E-state index contributed by atoms with van der Waals surface area (Å²) in [6, 6.07) is 7.07. The molecule has 1 aromatic rings. The molecule has 3 N–H and O–H groups in total. The monoisotopic (exact) mass is 243 g/mol. The molecule has 0 saturated carbocycles. The number of nitrogens with two attached hydrogens (primary N) is 1. The van der Waals surface area contributed by atoms with Gasteiger partial charge >= 0.3 is 0 Å². The molecule has 0 spiro atoms. The number of rotatable bonds is 3. The lowest BCUT2D eigenvalue weighted by molar-refractivity contribution is -0.121. The molecule has 0 fully saturated rings. The SMILES string of the molecule is NC(=O)c1ccccc1C=CC1=NNC(=O)CC1. The van der Waals surface area contributed by atoms with E-state index in [9.17, 15) is 9.59 Å². The molecule has 0 radical (unpaired) electrons. The van der Waals surface area contributed by atoms with Crippen molar-refractivity contribution in [3.8, 4) is 0 Å². The molecule has 5 heteroatoms. The highest BCUT2D eigenvalue weighted by Crippen LogP contribution is 2.11. The summed E-state index contributed by atoms with van der Waals surface area (Å²) in [6.45, 7) is 0. The Kier molecular flexibility index (Phi) is 3.52. The van der Waals surface area contributed by atoms with Crippen LogP contribution in [-0.2, 0) is 4.79 Å². The minimum absolute atomic E-state index is 0.0790. The van der Waals surface area contributed by atoms with E-state index >= 15 is 0 Å². The molecule has 2 rings (SSSR count). The van der Waals surface area contributed by atoms with Crippen LogP contribution in [0.15, 0.2) is 35.4 Å². The van der Waals surface area contributed by atoms with Crippen LogP contribution >= 0.6 is 0 Å². The second-order valence-electron chi connectivity index (χ2n) is 3.92. The summed E-state index contributed by atoms with van der Waals surface area (Å²) < 4.78 is 0. The molecular weight excluding hydrogens is 230 g/mol. The van der Waals surface area contributed by atoms with E-state index in [1.54, 1.807) is 30.4 Å². The highest BCUT2D eigenvalue weighted by atomic mass is 16.2. The Bertz CT molecular complexity index is 547. The molecule has 1 aliphatic rings. The fourth-order valence-corrected chi connectivity index (χ4v) is 1.66. The number of allylic oxidation sites excluding steroid dienone is 1. The largest absolute Gasteiger partial charge is 0.366 e. The second-order valence-corrected chi connectivity index (χ2v) is 3.92. The zero-order valence-electron chi connectivity index (χ0n) is 9.72. The van der Waals surface area contributed by atoms with Crippen molar-refractivity contribution in [3.63, 3.8) is 0 Å². The van der Waals surface area contributed by atoms with E-state index in [0.717, 1.165) is 11.3 Å². The third-order valence-corrected chi connectivity index (χ3v) is 2.61. The first-order chi connectivity index (χ1) is 8.66. The maximum Gasteiger partial charge on any atom is 0.249 e. The molecule has 0 aromatic heterocycles. The first-order valence-corrected chi connectivity index (χ1v) is 5.59. The fourth-order valence-electron chi connectivity index (χ4n) is 1.66. The Labute approximate surface area is 104 Å². The quantitative estimate of drug-likeness (QED) is 0.832. The fraction of sp³-hybridized carbons (Fsp3) is 0.154. The van der Waals surface area contributed by atoms with Crippen LogP contribution in [0.3, 0.4) is 0 Å².